The molecule has 3 rings (SSSR count). The highest BCUT2D eigenvalue weighted by molar-refractivity contribution is 5.47. The van der Waals surface area contributed by atoms with Crippen molar-refractivity contribution in [3.05, 3.63) is 120 Å². The second-order valence-electron chi connectivity index (χ2n) is 7.16. The summed E-state index contributed by atoms with van der Waals surface area (Å²) in [6, 6.07) is 30.1. The second-order valence-corrected chi connectivity index (χ2v) is 7.16. The first-order valence-electron chi connectivity index (χ1n) is 9.94. The molecule has 150 valence electrons. The Kier molecular flexibility index (Phi) is 7.36. The Morgan fingerprint density at radius 2 is 1.14 bits per heavy atom. The van der Waals surface area contributed by atoms with Crippen LogP contribution in [0.15, 0.2) is 104 Å². The SMILES string of the molecule is C=CC[C@@H](O)C[C@@H](O)COC(c1ccccc1)(c1ccccc1)c1ccccc1. The number of aliphatic hydroxyl groups excluding tert-OH is 2. The van der Waals surface area contributed by atoms with E-state index in [2.05, 4.69) is 6.58 Å². The van der Waals surface area contributed by atoms with Crippen molar-refractivity contribution in [2.24, 2.45) is 0 Å². The standard InChI is InChI=1S/C26H28O3/c1-2-12-24(27)19-25(28)20-29-26(21-13-6-3-7-14-21,22-15-8-4-9-16-22)23-17-10-5-11-18-23/h2-11,13-18,24-25,27-28H,1,12,19-20H2/t24-,25-/m1/s1. The van der Waals surface area contributed by atoms with Crippen LogP contribution in [-0.4, -0.2) is 29.0 Å². The van der Waals surface area contributed by atoms with E-state index >= 15 is 0 Å². The zero-order valence-electron chi connectivity index (χ0n) is 16.5. The van der Waals surface area contributed by atoms with Crippen LogP contribution < -0.4 is 0 Å². The zero-order chi connectivity index (χ0) is 20.5. The maximum atomic E-state index is 10.5. The van der Waals surface area contributed by atoms with Gasteiger partial charge in [-0.3, -0.25) is 0 Å². The number of ether oxygens (including phenoxy) is 1. The molecule has 2 N–H and O–H groups in total. The Bertz CT molecular complexity index is 766. The van der Waals surface area contributed by atoms with Crippen molar-refractivity contribution in [2.75, 3.05) is 6.61 Å². The summed E-state index contributed by atoms with van der Waals surface area (Å²) in [4.78, 5) is 0. The zero-order valence-corrected chi connectivity index (χ0v) is 16.5. The maximum absolute atomic E-state index is 10.5. The average molecular weight is 389 g/mol. The van der Waals surface area contributed by atoms with E-state index in [1.165, 1.54) is 0 Å². The van der Waals surface area contributed by atoms with Crippen LogP contribution in [0, 0.1) is 0 Å². The van der Waals surface area contributed by atoms with Crippen molar-refractivity contribution in [2.45, 2.75) is 30.7 Å². The fourth-order valence-electron chi connectivity index (χ4n) is 3.66. The molecule has 2 atom stereocenters. The van der Waals surface area contributed by atoms with Crippen LogP contribution in [-0.2, 0) is 10.3 Å². The van der Waals surface area contributed by atoms with Crippen molar-refractivity contribution in [1.29, 1.82) is 0 Å². The summed E-state index contributed by atoms with van der Waals surface area (Å²) in [6.45, 7) is 3.73. The predicted molar refractivity (Wildman–Crippen MR) is 117 cm³/mol. The summed E-state index contributed by atoms with van der Waals surface area (Å²) in [6.07, 6.45) is 0.908. The fraction of sp³-hybridized carbons (Fsp3) is 0.231. The van der Waals surface area contributed by atoms with E-state index < -0.39 is 17.8 Å². The molecule has 0 fully saturated rings. The lowest BCUT2D eigenvalue weighted by atomic mass is 9.80. The fourth-order valence-corrected chi connectivity index (χ4v) is 3.66. The molecular weight excluding hydrogens is 360 g/mol. The van der Waals surface area contributed by atoms with Gasteiger partial charge in [0.25, 0.3) is 0 Å². The Morgan fingerprint density at radius 3 is 1.52 bits per heavy atom. The van der Waals surface area contributed by atoms with Gasteiger partial charge in [-0.05, 0) is 23.1 Å². The van der Waals surface area contributed by atoms with E-state index in [9.17, 15) is 10.2 Å². The van der Waals surface area contributed by atoms with Crippen LogP contribution in [0.3, 0.4) is 0 Å². The average Bonchev–Trinajstić information content (AvgIpc) is 2.76. The topological polar surface area (TPSA) is 49.7 Å². The molecule has 0 saturated heterocycles. The smallest absolute Gasteiger partial charge is 0.143 e. The van der Waals surface area contributed by atoms with E-state index in [0.717, 1.165) is 16.7 Å². The molecule has 3 heteroatoms. The van der Waals surface area contributed by atoms with Crippen molar-refractivity contribution in [1.82, 2.24) is 0 Å². The first-order valence-corrected chi connectivity index (χ1v) is 9.94. The van der Waals surface area contributed by atoms with Gasteiger partial charge in [0, 0.05) is 6.42 Å². The van der Waals surface area contributed by atoms with Crippen molar-refractivity contribution < 1.29 is 14.9 Å². The largest absolute Gasteiger partial charge is 0.393 e. The van der Waals surface area contributed by atoms with Crippen molar-refractivity contribution in [3.8, 4) is 0 Å². The maximum Gasteiger partial charge on any atom is 0.143 e. The minimum absolute atomic E-state index is 0.0902. The minimum atomic E-state index is -0.867. The Hall–Kier alpha value is -2.72. The molecule has 0 radical (unpaired) electrons. The summed E-state index contributed by atoms with van der Waals surface area (Å²) in [5.74, 6) is 0. The van der Waals surface area contributed by atoms with Gasteiger partial charge < -0.3 is 14.9 Å². The minimum Gasteiger partial charge on any atom is -0.393 e. The highest BCUT2D eigenvalue weighted by Gasteiger charge is 2.38. The quantitative estimate of drug-likeness (QED) is 0.392. The van der Waals surface area contributed by atoms with E-state index in [-0.39, 0.29) is 13.0 Å². The summed E-state index contributed by atoms with van der Waals surface area (Å²) in [5.41, 5.74) is 2.08. The predicted octanol–water partition coefficient (Wildman–Crippen LogP) is 4.68. The molecule has 0 spiro atoms. The molecule has 0 saturated carbocycles. The monoisotopic (exact) mass is 388 g/mol. The molecular formula is C26H28O3. The van der Waals surface area contributed by atoms with E-state index in [4.69, 9.17) is 4.74 Å². The Balaban J connectivity index is 2.02. The summed E-state index contributed by atoms with van der Waals surface area (Å²) < 4.78 is 6.54. The number of hydrogen-bond donors (Lipinski definition) is 2. The molecule has 0 bridgehead atoms. The molecule has 0 amide bonds. The summed E-state index contributed by atoms with van der Waals surface area (Å²) in [7, 11) is 0. The molecule has 0 aliphatic rings. The van der Waals surface area contributed by atoms with Crippen molar-refractivity contribution >= 4 is 0 Å². The highest BCUT2D eigenvalue weighted by atomic mass is 16.5. The molecule has 29 heavy (non-hydrogen) atoms. The van der Waals surface area contributed by atoms with Gasteiger partial charge >= 0.3 is 0 Å². The van der Waals surface area contributed by atoms with Crippen LogP contribution in [0.5, 0.6) is 0 Å². The first-order chi connectivity index (χ1) is 14.2. The summed E-state index contributed by atoms with van der Waals surface area (Å²) >= 11 is 0. The van der Waals surface area contributed by atoms with Crippen LogP contribution in [0.2, 0.25) is 0 Å². The van der Waals surface area contributed by atoms with E-state index in [1.54, 1.807) is 6.08 Å². The van der Waals surface area contributed by atoms with Gasteiger partial charge in [-0.15, -0.1) is 6.58 Å². The second kappa shape index (κ2) is 10.2. The molecule has 3 nitrogen and oxygen atoms in total. The Labute approximate surface area is 172 Å². The van der Waals surface area contributed by atoms with Gasteiger partial charge in [0.05, 0.1) is 18.8 Å². The molecule has 3 aromatic carbocycles. The number of rotatable bonds is 10. The summed E-state index contributed by atoms with van der Waals surface area (Å²) in [5, 5.41) is 20.5. The number of hydrogen-bond acceptors (Lipinski definition) is 3. The normalized spacial score (nSPS) is 13.6. The number of aliphatic hydroxyl groups is 2. The van der Waals surface area contributed by atoms with Crippen molar-refractivity contribution in [3.63, 3.8) is 0 Å². The third-order valence-electron chi connectivity index (χ3n) is 5.02. The third kappa shape index (κ3) is 5.01. The molecule has 0 aliphatic carbocycles. The van der Waals surface area contributed by atoms with Gasteiger partial charge in [0.15, 0.2) is 0 Å². The van der Waals surface area contributed by atoms with Crippen LogP contribution in [0.1, 0.15) is 29.5 Å². The molecule has 3 aromatic rings. The lowest BCUT2D eigenvalue weighted by Crippen LogP contribution is -2.36. The van der Waals surface area contributed by atoms with Gasteiger partial charge in [-0.1, -0.05) is 97.1 Å². The highest BCUT2D eigenvalue weighted by Crippen LogP contribution is 2.40. The van der Waals surface area contributed by atoms with Crippen LogP contribution >= 0.6 is 0 Å². The number of benzene rings is 3. The van der Waals surface area contributed by atoms with Crippen LogP contribution in [0.25, 0.3) is 0 Å². The lowest BCUT2D eigenvalue weighted by molar-refractivity contribution is -0.0503. The lowest BCUT2D eigenvalue weighted by Gasteiger charge is -2.36. The van der Waals surface area contributed by atoms with E-state index in [0.29, 0.717) is 6.42 Å². The molecule has 0 aromatic heterocycles. The van der Waals surface area contributed by atoms with E-state index in [1.807, 2.05) is 91.0 Å². The van der Waals surface area contributed by atoms with Gasteiger partial charge in [-0.2, -0.15) is 0 Å². The van der Waals surface area contributed by atoms with Gasteiger partial charge in [0.1, 0.15) is 5.60 Å². The molecule has 0 unspecified atom stereocenters. The van der Waals surface area contributed by atoms with Crippen LogP contribution in [0.4, 0.5) is 0 Å². The van der Waals surface area contributed by atoms with Gasteiger partial charge in [0.2, 0.25) is 0 Å². The molecule has 0 heterocycles. The first kappa shape index (κ1) is 21.0. The third-order valence-corrected chi connectivity index (χ3v) is 5.02. The van der Waals surface area contributed by atoms with Gasteiger partial charge in [-0.25, -0.2) is 0 Å². The Morgan fingerprint density at radius 1 is 0.724 bits per heavy atom. The molecule has 0 aliphatic heterocycles.